The second-order valence-electron chi connectivity index (χ2n) is 4.43. The van der Waals surface area contributed by atoms with Crippen molar-refractivity contribution in [1.29, 1.82) is 0 Å². The van der Waals surface area contributed by atoms with Crippen molar-refractivity contribution in [1.82, 2.24) is 0 Å². The van der Waals surface area contributed by atoms with Gasteiger partial charge in [0.2, 0.25) is 0 Å². The zero-order chi connectivity index (χ0) is 12.2. The molecule has 0 spiro atoms. The molecule has 0 saturated heterocycles. The van der Waals surface area contributed by atoms with Crippen LogP contribution in [0.5, 0.6) is 0 Å². The van der Waals surface area contributed by atoms with E-state index in [1.807, 2.05) is 26.0 Å². The summed E-state index contributed by atoms with van der Waals surface area (Å²) in [5.41, 5.74) is 5.94. The molecule has 0 radical (unpaired) electrons. The highest BCUT2D eigenvalue weighted by atomic mass is 16.5. The molecule has 0 fully saturated rings. The van der Waals surface area contributed by atoms with Crippen LogP contribution >= 0.6 is 0 Å². The van der Waals surface area contributed by atoms with Gasteiger partial charge in [0.15, 0.2) is 0 Å². The third kappa shape index (κ3) is 2.47. The average molecular weight is 225 g/mol. The lowest BCUT2D eigenvalue weighted by molar-refractivity contribution is 0.0199. The molecule has 0 amide bonds. The van der Waals surface area contributed by atoms with Crippen molar-refractivity contribution in [3.05, 3.63) is 23.5 Å². The van der Waals surface area contributed by atoms with Crippen molar-refractivity contribution in [2.24, 2.45) is 11.7 Å². The van der Waals surface area contributed by atoms with Crippen LogP contribution in [0.1, 0.15) is 33.1 Å². The van der Waals surface area contributed by atoms with Crippen LogP contribution < -0.4 is 5.73 Å². The molecule has 92 valence electrons. The first-order chi connectivity index (χ1) is 7.58. The van der Waals surface area contributed by atoms with E-state index in [-0.39, 0.29) is 5.92 Å². The van der Waals surface area contributed by atoms with Gasteiger partial charge in [-0.1, -0.05) is 13.8 Å². The average Bonchev–Trinajstić information content (AvgIpc) is 2.36. The number of aliphatic hydroxyl groups is 1. The third-order valence-electron chi connectivity index (χ3n) is 3.58. The Labute approximate surface area is 98.0 Å². The fourth-order valence-corrected chi connectivity index (χ4v) is 2.24. The Bertz CT molecular complexity index is 296. The molecule has 1 aliphatic carbocycles. The van der Waals surface area contributed by atoms with Crippen molar-refractivity contribution >= 4 is 0 Å². The fourth-order valence-electron chi connectivity index (χ4n) is 2.24. The Balaban J connectivity index is 2.96. The van der Waals surface area contributed by atoms with Crippen LogP contribution in [0.3, 0.4) is 0 Å². The lowest BCUT2D eigenvalue weighted by Crippen LogP contribution is -2.42. The molecule has 1 rings (SSSR count). The summed E-state index contributed by atoms with van der Waals surface area (Å²) in [4.78, 5) is 0. The Morgan fingerprint density at radius 2 is 2.31 bits per heavy atom. The van der Waals surface area contributed by atoms with E-state index in [0.29, 0.717) is 13.0 Å². The summed E-state index contributed by atoms with van der Waals surface area (Å²) in [5, 5.41) is 10.7. The van der Waals surface area contributed by atoms with Crippen LogP contribution in [-0.4, -0.2) is 24.4 Å². The quantitative estimate of drug-likeness (QED) is 0.752. The van der Waals surface area contributed by atoms with E-state index in [1.165, 1.54) is 0 Å². The predicted molar refractivity (Wildman–Crippen MR) is 65.9 cm³/mol. The van der Waals surface area contributed by atoms with Crippen LogP contribution in [0, 0.1) is 5.92 Å². The standard InChI is InChI=1S/C13H23NO2/c1-4-13(15,10(2)9-14)11-6-5-7-12(8-11)16-3/h7-8,10,15H,4-6,9,14H2,1-3H3. The number of nitrogens with two attached hydrogens (primary N) is 1. The monoisotopic (exact) mass is 225 g/mol. The first-order valence-corrected chi connectivity index (χ1v) is 5.96. The van der Waals surface area contributed by atoms with Gasteiger partial charge in [-0.3, -0.25) is 0 Å². The summed E-state index contributed by atoms with van der Waals surface area (Å²) in [6.45, 7) is 4.49. The van der Waals surface area contributed by atoms with Crippen LogP contribution in [0.4, 0.5) is 0 Å². The minimum atomic E-state index is -0.785. The minimum absolute atomic E-state index is 0.0694. The first kappa shape index (κ1) is 13.3. The van der Waals surface area contributed by atoms with Gasteiger partial charge in [0.05, 0.1) is 12.7 Å². The zero-order valence-electron chi connectivity index (χ0n) is 10.5. The van der Waals surface area contributed by atoms with E-state index < -0.39 is 5.60 Å². The lowest BCUT2D eigenvalue weighted by Gasteiger charge is -2.36. The van der Waals surface area contributed by atoms with Gasteiger partial charge < -0.3 is 15.6 Å². The Hall–Kier alpha value is -0.800. The molecule has 1 aliphatic rings. The largest absolute Gasteiger partial charge is 0.497 e. The van der Waals surface area contributed by atoms with E-state index in [1.54, 1.807) is 7.11 Å². The van der Waals surface area contributed by atoms with Crippen LogP contribution in [0.25, 0.3) is 0 Å². The SMILES string of the molecule is CCC(O)(C1=CC(OC)=CCC1)C(C)CN. The van der Waals surface area contributed by atoms with Gasteiger partial charge in [0, 0.05) is 5.92 Å². The molecule has 3 N–H and O–H groups in total. The fraction of sp³-hybridized carbons (Fsp3) is 0.692. The Morgan fingerprint density at radius 1 is 1.62 bits per heavy atom. The number of allylic oxidation sites excluding steroid dienone is 2. The van der Waals surface area contributed by atoms with E-state index in [4.69, 9.17) is 10.5 Å². The highest BCUT2D eigenvalue weighted by Gasteiger charge is 2.35. The third-order valence-corrected chi connectivity index (χ3v) is 3.58. The van der Waals surface area contributed by atoms with Crippen molar-refractivity contribution in [2.75, 3.05) is 13.7 Å². The molecule has 3 heteroatoms. The van der Waals surface area contributed by atoms with E-state index in [2.05, 4.69) is 0 Å². The van der Waals surface area contributed by atoms with Gasteiger partial charge in [-0.05, 0) is 43.5 Å². The van der Waals surface area contributed by atoms with Crippen LogP contribution in [0.2, 0.25) is 0 Å². The number of rotatable bonds is 5. The summed E-state index contributed by atoms with van der Waals surface area (Å²) in [5.74, 6) is 0.914. The van der Waals surface area contributed by atoms with E-state index >= 15 is 0 Å². The molecule has 0 aromatic carbocycles. The van der Waals surface area contributed by atoms with E-state index in [9.17, 15) is 5.11 Å². The molecule has 0 aromatic rings. The summed E-state index contributed by atoms with van der Waals surface area (Å²) in [7, 11) is 1.66. The summed E-state index contributed by atoms with van der Waals surface area (Å²) < 4.78 is 5.22. The second kappa shape index (κ2) is 5.51. The number of hydrogen-bond donors (Lipinski definition) is 2. The molecule has 3 nitrogen and oxygen atoms in total. The normalized spacial score (nSPS) is 21.8. The molecule has 0 saturated carbocycles. The van der Waals surface area contributed by atoms with Crippen molar-refractivity contribution in [2.45, 2.75) is 38.7 Å². The maximum atomic E-state index is 10.7. The summed E-state index contributed by atoms with van der Waals surface area (Å²) in [6.07, 6.45) is 6.51. The molecule has 0 aromatic heterocycles. The van der Waals surface area contributed by atoms with Crippen molar-refractivity contribution in [3.63, 3.8) is 0 Å². The molecule has 0 bridgehead atoms. The highest BCUT2D eigenvalue weighted by molar-refractivity contribution is 5.30. The van der Waals surface area contributed by atoms with Gasteiger partial charge >= 0.3 is 0 Å². The number of methoxy groups -OCH3 is 1. The Kier molecular flexibility index (Phi) is 4.56. The van der Waals surface area contributed by atoms with Gasteiger partial charge in [0.1, 0.15) is 5.76 Å². The maximum absolute atomic E-state index is 10.7. The Morgan fingerprint density at radius 3 is 2.81 bits per heavy atom. The molecule has 2 unspecified atom stereocenters. The molecular formula is C13H23NO2. The topological polar surface area (TPSA) is 55.5 Å². The summed E-state index contributed by atoms with van der Waals surface area (Å²) >= 11 is 0. The van der Waals surface area contributed by atoms with Crippen molar-refractivity contribution < 1.29 is 9.84 Å². The maximum Gasteiger partial charge on any atom is 0.114 e. The number of ether oxygens (including phenoxy) is 1. The molecular weight excluding hydrogens is 202 g/mol. The molecule has 0 heterocycles. The molecule has 16 heavy (non-hydrogen) atoms. The van der Waals surface area contributed by atoms with E-state index in [0.717, 1.165) is 24.2 Å². The van der Waals surface area contributed by atoms with Gasteiger partial charge in [-0.15, -0.1) is 0 Å². The lowest BCUT2D eigenvalue weighted by atomic mass is 9.76. The van der Waals surface area contributed by atoms with Gasteiger partial charge in [-0.2, -0.15) is 0 Å². The van der Waals surface area contributed by atoms with Crippen LogP contribution in [0.15, 0.2) is 23.5 Å². The summed E-state index contributed by atoms with van der Waals surface area (Å²) in [6, 6.07) is 0. The molecule has 2 atom stereocenters. The molecule has 0 aliphatic heterocycles. The van der Waals surface area contributed by atoms with Crippen molar-refractivity contribution in [3.8, 4) is 0 Å². The second-order valence-corrected chi connectivity index (χ2v) is 4.43. The van der Waals surface area contributed by atoms with Gasteiger partial charge in [0.25, 0.3) is 0 Å². The van der Waals surface area contributed by atoms with Gasteiger partial charge in [-0.25, -0.2) is 0 Å². The zero-order valence-corrected chi connectivity index (χ0v) is 10.5. The van der Waals surface area contributed by atoms with Crippen LogP contribution in [-0.2, 0) is 4.74 Å². The highest BCUT2D eigenvalue weighted by Crippen LogP contribution is 2.35. The number of hydrogen-bond acceptors (Lipinski definition) is 3. The first-order valence-electron chi connectivity index (χ1n) is 5.96. The smallest absolute Gasteiger partial charge is 0.114 e. The minimum Gasteiger partial charge on any atom is -0.497 e. The predicted octanol–water partition coefficient (Wildman–Crippen LogP) is 1.97.